The van der Waals surface area contributed by atoms with Crippen molar-refractivity contribution in [1.29, 1.82) is 0 Å². The van der Waals surface area contributed by atoms with E-state index in [4.69, 9.17) is 5.73 Å². The van der Waals surface area contributed by atoms with Crippen molar-refractivity contribution in [3.8, 4) is 0 Å². The molecule has 3 heteroatoms. The number of aliphatic hydroxyl groups is 1. The predicted molar refractivity (Wildman–Crippen MR) is 50.1 cm³/mol. The quantitative estimate of drug-likeness (QED) is 0.631. The smallest absolute Gasteiger partial charge is 0.0826 e. The Morgan fingerprint density at radius 3 is 3.00 bits per heavy atom. The summed E-state index contributed by atoms with van der Waals surface area (Å²) in [6.45, 7) is 0. The zero-order valence-electron chi connectivity index (χ0n) is 6.60. The molecule has 0 aliphatic carbocycles. The van der Waals surface area contributed by atoms with Gasteiger partial charge in [0.1, 0.15) is 0 Å². The first-order valence-electron chi connectivity index (χ1n) is 3.94. The summed E-state index contributed by atoms with van der Waals surface area (Å²) in [6.07, 6.45) is -0.398. The third kappa shape index (κ3) is 1.24. The first kappa shape index (κ1) is 8.10. The summed E-state index contributed by atoms with van der Waals surface area (Å²) in [4.78, 5) is 1.20. The van der Waals surface area contributed by atoms with Crippen molar-refractivity contribution in [2.24, 2.45) is 5.73 Å². The third-order valence-electron chi connectivity index (χ3n) is 2.10. The number of rotatable bonds is 0. The second-order valence-corrected chi connectivity index (χ2v) is 4.00. The minimum absolute atomic E-state index is 0.206. The second kappa shape index (κ2) is 3.09. The summed E-state index contributed by atoms with van der Waals surface area (Å²) >= 11 is 1.67. The van der Waals surface area contributed by atoms with E-state index in [1.165, 1.54) is 4.90 Å². The van der Waals surface area contributed by atoms with Gasteiger partial charge in [-0.25, -0.2) is 0 Å². The molecule has 0 radical (unpaired) electrons. The molecule has 1 aromatic rings. The third-order valence-corrected chi connectivity index (χ3v) is 3.29. The number of benzene rings is 1. The van der Waals surface area contributed by atoms with Gasteiger partial charge >= 0.3 is 0 Å². The minimum atomic E-state index is -0.398. The first-order chi connectivity index (χ1) is 5.79. The molecule has 0 aromatic heterocycles. The van der Waals surface area contributed by atoms with Gasteiger partial charge in [0.15, 0.2) is 0 Å². The van der Waals surface area contributed by atoms with Crippen LogP contribution in [0.1, 0.15) is 11.6 Å². The Labute approximate surface area is 75.8 Å². The van der Waals surface area contributed by atoms with Gasteiger partial charge in [-0.1, -0.05) is 18.2 Å². The second-order valence-electron chi connectivity index (χ2n) is 2.94. The Morgan fingerprint density at radius 1 is 1.42 bits per heavy atom. The number of nitrogens with two attached hydrogens (primary N) is 1. The van der Waals surface area contributed by atoms with Crippen molar-refractivity contribution in [2.75, 3.05) is 5.75 Å². The highest BCUT2D eigenvalue weighted by atomic mass is 32.2. The van der Waals surface area contributed by atoms with Gasteiger partial charge in [-0.15, -0.1) is 11.8 Å². The van der Waals surface area contributed by atoms with Crippen LogP contribution in [0.4, 0.5) is 0 Å². The molecule has 12 heavy (non-hydrogen) atoms. The van der Waals surface area contributed by atoms with Gasteiger partial charge in [-0.3, -0.25) is 0 Å². The predicted octanol–water partition coefficient (Wildman–Crippen LogP) is 1.15. The van der Waals surface area contributed by atoms with Crippen LogP contribution < -0.4 is 5.73 Å². The molecule has 64 valence electrons. The molecule has 0 fully saturated rings. The summed E-state index contributed by atoms with van der Waals surface area (Å²) in [5.74, 6) is 0.707. The normalized spacial score (nSPS) is 28.2. The van der Waals surface area contributed by atoms with Gasteiger partial charge in [0, 0.05) is 10.6 Å². The van der Waals surface area contributed by atoms with E-state index in [0.717, 1.165) is 5.56 Å². The highest BCUT2D eigenvalue weighted by Crippen LogP contribution is 2.34. The van der Waals surface area contributed by atoms with E-state index in [-0.39, 0.29) is 6.04 Å². The zero-order chi connectivity index (χ0) is 8.55. The average molecular weight is 181 g/mol. The van der Waals surface area contributed by atoms with Gasteiger partial charge in [0.25, 0.3) is 0 Å². The molecule has 2 rings (SSSR count). The Hall–Kier alpha value is -0.510. The summed E-state index contributed by atoms with van der Waals surface area (Å²) < 4.78 is 0. The van der Waals surface area contributed by atoms with Gasteiger partial charge in [-0.2, -0.15) is 0 Å². The fourth-order valence-electron chi connectivity index (χ4n) is 1.37. The highest BCUT2D eigenvalue weighted by molar-refractivity contribution is 7.99. The van der Waals surface area contributed by atoms with Crippen molar-refractivity contribution in [3.63, 3.8) is 0 Å². The Bertz CT molecular complexity index is 290. The molecule has 2 nitrogen and oxygen atoms in total. The molecule has 1 heterocycles. The van der Waals surface area contributed by atoms with Crippen molar-refractivity contribution < 1.29 is 5.11 Å². The molecule has 0 unspecified atom stereocenters. The van der Waals surface area contributed by atoms with Crippen LogP contribution in [0, 0.1) is 0 Å². The van der Waals surface area contributed by atoms with E-state index < -0.39 is 6.10 Å². The SMILES string of the molecule is N[C@H]1c2ccccc2SC[C@H]1O. The molecule has 0 amide bonds. The van der Waals surface area contributed by atoms with Crippen LogP contribution in [0.2, 0.25) is 0 Å². The zero-order valence-corrected chi connectivity index (χ0v) is 7.42. The van der Waals surface area contributed by atoms with E-state index in [9.17, 15) is 5.11 Å². The maximum absolute atomic E-state index is 9.48. The number of hydrogen-bond donors (Lipinski definition) is 2. The first-order valence-corrected chi connectivity index (χ1v) is 4.93. The van der Waals surface area contributed by atoms with Crippen molar-refractivity contribution in [1.82, 2.24) is 0 Å². The minimum Gasteiger partial charge on any atom is -0.390 e. The van der Waals surface area contributed by atoms with Crippen molar-refractivity contribution >= 4 is 11.8 Å². The monoisotopic (exact) mass is 181 g/mol. The van der Waals surface area contributed by atoms with E-state index in [2.05, 4.69) is 0 Å². The average Bonchev–Trinajstić information content (AvgIpc) is 2.12. The summed E-state index contributed by atoms with van der Waals surface area (Å²) in [5, 5.41) is 9.48. The van der Waals surface area contributed by atoms with Crippen LogP contribution in [0.25, 0.3) is 0 Å². The van der Waals surface area contributed by atoms with Crippen LogP contribution in [0.15, 0.2) is 29.2 Å². The van der Waals surface area contributed by atoms with Crippen molar-refractivity contribution in [2.45, 2.75) is 17.0 Å². The molecule has 0 spiro atoms. The number of aliphatic hydroxyl groups excluding tert-OH is 1. The molecule has 3 N–H and O–H groups in total. The fraction of sp³-hybridized carbons (Fsp3) is 0.333. The van der Waals surface area contributed by atoms with Gasteiger partial charge in [0.05, 0.1) is 12.1 Å². The summed E-state index contributed by atoms with van der Waals surface area (Å²) in [5.41, 5.74) is 6.90. The Kier molecular flexibility index (Phi) is 2.09. The maximum atomic E-state index is 9.48. The lowest BCUT2D eigenvalue weighted by molar-refractivity contribution is 0.165. The molecule has 1 aromatic carbocycles. The standard InChI is InChI=1S/C9H11NOS/c10-9-6-3-1-2-4-8(6)12-5-7(9)11/h1-4,7,9,11H,5,10H2/t7-,9+/m1/s1. The maximum Gasteiger partial charge on any atom is 0.0826 e. The fourth-order valence-corrected chi connectivity index (χ4v) is 2.48. The topological polar surface area (TPSA) is 46.2 Å². The molecule has 2 atom stereocenters. The van der Waals surface area contributed by atoms with Gasteiger partial charge in [-0.05, 0) is 11.6 Å². The van der Waals surface area contributed by atoms with Crippen molar-refractivity contribution in [3.05, 3.63) is 29.8 Å². The van der Waals surface area contributed by atoms with Crippen LogP contribution >= 0.6 is 11.8 Å². The molecule has 1 aliphatic heterocycles. The molecule has 0 saturated heterocycles. The number of fused-ring (bicyclic) bond motifs is 1. The Morgan fingerprint density at radius 2 is 2.17 bits per heavy atom. The van der Waals surface area contributed by atoms with Crippen LogP contribution in [0.5, 0.6) is 0 Å². The summed E-state index contributed by atoms with van der Waals surface area (Å²) in [7, 11) is 0. The molecule has 1 aliphatic rings. The lowest BCUT2D eigenvalue weighted by Gasteiger charge is -2.26. The van der Waals surface area contributed by atoms with E-state index in [0.29, 0.717) is 5.75 Å². The van der Waals surface area contributed by atoms with E-state index in [1.807, 2.05) is 24.3 Å². The lowest BCUT2D eigenvalue weighted by Crippen LogP contribution is -2.31. The van der Waals surface area contributed by atoms with E-state index in [1.54, 1.807) is 11.8 Å². The Balaban J connectivity index is 2.42. The number of thioether (sulfide) groups is 1. The summed E-state index contributed by atoms with van der Waals surface area (Å²) in [6, 6.07) is 7.77. The van der Waals surface area contributed by atoms with Gasteiger partial charge in [0.2, 0.25) is 0 Å². The van der Waals surface area contributed by atoms with Crippen LogP contribution in [0.3, 0.4) is 0 Å². The van der Waals surface area contributed by atoms with Crippen LogP contribution in [-0.4, -0.2) is 17.0 Å². The molecule has 0 saturated carbocycles. The van der Waals surface area contributed by atoms with E-state index >= 15 is 0 Å². The molecular weight excluding hydrogens is 170 g/mol. The molecule has 0 bridgehead atoms. The number of hydrogen-bond acceptors (Lipinski definition) is 3. The molecular formula is C9H11NOS. The lowest BCUT2D eigenvalue weighted by atomic mass is 10.0. The van der Waals surface area contributed by atoms with Crippen LogP contribution in [-0.2, 0) is 0 Å². The van der Waals surface area contributed by atoms with Gasteiger partial charge < -0.3 is 10.8 Å². The largest absolute Gasteiger partial charge is 0.390 e. The highest BCUT2D eigenvalue weighted by Gasteiger charge is 2.24.